The third-order valence-electron chi connectivity index (χ3n) is 7.61. The van der Waals surface area contributed by atoms with Crippen LogP contribution in [0.15, 0.2) is 48.5 Å². The van der Waals surface area contributed by atoms with Crippen LogP contribution in [0.2, 0.25) is 0 Å². The van der Waals surface area contributed by atoms with Gasteiger partial charge in [-0.15, -0.1) is 0 Å². The lowest BCUT2D eigenvalue weighted by Crippen LogP contribution is -2.52. The van der Waals surface area contributed by atoms with Crippen LogP contribution in [0.4, 0.5) is 8.78 Å². The van der Waals surface area contributed by atoms with Gasteiger partial charge in [0.1, 0.15) is 11.4 Å². The van der Waals surface area contributed by atoms with Crippen molar-refractivity contribution in [2.24, 2.45) is 5.41 Å². The van der Waals surface area contributed by atoms with Crippen molar-refractivity contribution in [2.75, 3.05) is 19.7 Å². The molecule has 1 N–H and O–H groups in total. The minimum Gasteiger partial charge on any atom is -0.368 e. The van der Waals surface area contributed by atoms with Gasteiger partial charge >= 0.3 is 0 Å². The van der Waals surface area contributed by atoms with E-state index >= 15 is 4.39 Å². The van der Waals surface area contributed by atoms with Crippen molar-refractivity contribution < 1.29 is 26.7 Å². The zero-order valence-electron chi connectivity index (χ0n) is 19.0. The summed E-state index contributed by atoms with van der Waals surface area (Å²) in [5.74, 6) is -0.606. The van der Waals surface area contributed by atoms with Crippen molar-refractivity contribution in [1.29, 1.82) is 0 Å². The first-order valence-electron chi connectivity index (χ1n) is 11.5. The fourth-order valence-corrected chi connectivity index (χ4v) is 6.19. The van der Waals surface area contributed by atoms with E-state index in [1.165, 1.54) is 7.11 Å². The van der Waals surface area contributed by atoms with Crippen LogP contribution in [0.1, 0.15) is 31.2 Å². The van der Waals surface area contributed by atoms with Gasteiger partial charge in [-0.25, -0.2) is 21.9 Å². The van der Waals surface area contributed by atoms with Crippen molar-refractivity contribution in [2.45, 2.75) is 49.8 Å². The number of likely N-dealkylation sites (tertiary alicyclic amines) is 1. The van der Waals surface area contributed by atoms with Gasteiger partial charge in [-0.05, 0) is 43.2 Å². The topological polar surface area (TPSA) is 75.7 Å². The van der Waals surface area contributed by atoms with E-state index in [-0.39, 0.29) is 12.3 Å². The van der Waals surface area contributed by atoms with E-state index < -0.39 is 44.9 Å². The van der Waals surface area contributed by atoms with Crippen molar-refractivity contribution in [3.8, 4) is 11.1 Å². The van der Waals surface area contributed by atoms with Crippen LogP contribution in [0.3, 0.4) is 0 Å². The van der Waals surface area contributed by atoms with E-state index in [1.807, 2.05) is 30.3 Å². The highest BCUT2D eigenvalue weighted by Crippen LogP contribution is 2.57. The maximum Gasteiger partial charge on any atom is 0.255 e. The summed E-state index contributed by atoms with van der Waals surface area (Å²) in [4.78, 5) is 15.1. The Morgan fingerprint density at radius 3 is 2.41 bits per heavy atom. The Hall–Kier alpha value is -2.36. The number of carbonyl (C=O) groups excluding carboxylic acids is 1. The average molecular weight is 491 g/mol. The second-order valence-electron chi connectivity index (χ2n) is 9.73. The highest BCUT2D eigenvalue weighted by molar-refractivity contribution is 7.89. The summed E-state index contributed by atoms with van der Waals surface area (Å²) < 4.78 is 61.4. The minimum absolute atomic E-state index is 0.110. The zero-order valence-corrected chi connectivity index (χ0v) is 19.8. The van der Waals surface area contributed by atoms with Gasteiger partial charge in [0.05, 0.1) is 6.04 Å². The molecule has 3 aliphatic rings. The van der Waals surface area contributed by atoms with Crippen LogP contribution >= 0.6 is 0 Å². The molecule has 2 saturated carbocycles. The number of rotatable bonds is 8. The Bertz CT molecular complexity index is 1200. The Kier molecular flexibility index (Phi) is 5.77. The zero-order chi connectivity index (χ0) is 24.1. The molecule has 0 radical (unpaired) electrons. The fourth-order valence-electron chi connectivity index (χ4n) is 5.34. The molecule has 1 aliphatic heterocycles. The Morgan fingerprint density at radius 2 is 1.82 bits per heavy atom. The first-order chi connectivity index (χ1) is 16.2. The Balaban J connectivity index is 1.52. The summed E-state index contributed by atoms with van der Waals surface area (Å²) in [5, 5.41) is 0. The summed E-state index contributed by atoms with van der Waals surface area (Å²) >= 11 is 0. The lowest BCUT2D eigenvalue weighted by Gasteiger charge is -2.31. The predicted molar refractivity (Wildman–Crippen MR) is 124 cm³/mol. The number of amides is 1. The second-order valence-corrected chi connectivity index (χ2v) is 11.4. The summed E-state index contributed by atoms with van der Waals surface area (Å²) in [7, 11) is -2.68. The number of hydrogen-bond acceptors (Lipinski definition) is 4. The Labute approximate surface area is 198 Å². The molecule has 1 heterocycles. The van der Waals surface area contributed by atoms with Gasteiger partial charge in [0.15, 0.2) is 0 Å². The molecule has 1 amide bonds. The summed E-state index contributed by atoms with van der Waals surface area (Å²) in [5.41, 5.74) is 0.193. The van der Waals surface area contributed by atoms with Crippen molar-refractivity contribution in [1.82, 2.24) is 9.62 Å². The average Bonchev–Trinajstić information content (AvgIpc) is 3.76. The van der Waals surface area contributed by atoms with Gasteiger partial charge in [0.2, 0.25) is 16.0 Å². The molecule has 2 atom stereocenters. The molecule has 182 valence electrons. The normalized spacial score (nSPS) is 24.4. The van der Waals surface area contributed by atoms with Gasteiger partial charge in [0, 0.05) is 30.7 Å². The Morgan fingerprint density at radius 1 is 1.12 bits per heavy atom. The standard InChI is InChI=1S/C25H28F2N2O4S/c1-33-25(12-13-25)23(30)29-15-24(10-11-24)22(28-34(31,32)16-26)20(29)14-18-8-5-9-19(21(18)27)17-6-3-2-4-7-17/h2-9,20,22,28H,10-16H2,1H3/t20-,22+/m0/s1. The van der Waals surface area contributed by atoms with Crippen molar-refractivity contribution in [3.05, 3.63) is 59.9 Å². The number of halogens is 2. The highest BCUT2D eigenvalue weighted by Gasteiger charge is 2.64. The van der Waals surface area contributed by atoms with Crippen LogP contribution in [-0.4, -0.2) is 56.6 Å². The number of sulfonamides is 1. The molecule has 0 unspecified atom stereocenters. The first kappa shape index (κ1) is 23.4. The third kappa shape index (κ3) is 4.03. The molecule has 9 heteroatoms. The molecule has 1 saturated heterocycles. The quantitative estimate of drug-likeness (QED) is 0.615. The molecule has 0 aromatic heterocycles. The van der Waals surface area contributed by atoms with E-state index in [9.17, 15) is 17.6 Å². The van der Waals surface area contributed by atoms with E-state index in [0.29, 0.717) is 30.5 Å². The lowest BCUT2D eigenvalue weighted by molar-refractivity contribution is -0.145. The number of hydrogen-bond donors (Lipinski definition) is 1. The van der Waals surface area contributed by atoms with E-state index in [1.54, 1.807) is 23.1 Å². The maximum atomic E-state index is 15.7. The summed E-state index contributed by atoms with van der Waals surface area (Å²) in [6.07, 6.45) is 2.74. The molecular formula is C25H28F2N2O4S. The number of ether oxygens (including phenoxy) is 1. The molecule has 5 rings (SSSR count). The summed E-state index contributed by atoms with van der Waals surface area (Å²) in [6.45, 7) is 0.348. The van der Waals surface area contributed by atoms with Gasteiger partial charge in [-0.1, -0.05) is 48.5 Å². The number of nitrogens with one attached hydrogen (secondary N) is 1. The van der Waals surface area contributed by atoms with Gasteiger partial charge in [-0.3, -0.25) is 4.79 Å². The molecule has 2 aliphatic carbocycles. The number of methoxy groups -OCH3 is 1. The number of carbonyl (C=O) groups is 1. The molecule has 2 aromatic carbocycles. The van der Waals surface area contributed by atoms with Crippen LogP contribution < -0.4 is 4.72 Å². The molecule has 2 aromatic rings. The van der Waals surface area contributed by atoms with E-state index in [0.717, 1.165) is 18.4 Å². The van der Waals surface area contributed by atoms with Gasteiger partial charge in [0.25, 0.3) is 5.91 Å². The molecule has 6 nitrogen and oxygen atoms in total. The number of alkyl halides is 1. The van der Waals surface area contributed by atoms with Crippen molar-refractivity contribution >= 4 is 15.9 Å². The van der Waals surface area contributed by atoms with Crippen molar-refractivity contribution in [3.63, 3.8) is 0 Å². The summed E-state index contributed by atoms with van der Waals surface area (Å²) in [6, 6.07) is 11.4. The predicted octanol–water partition coefficient (Wildman–Crippen LogP) is 3.42. The third-order valence-corrected chi connectivity index (χ3v) is 8.51. The minimum atomic E-state index is -4.17. The van der Waals surface area contributed by atoms with E-state index in [2.05, 4.69) is 4.72 Å². The second kappa shape index (κ2) is 8.39. The molecule has 1 spiro atoms. The lowest BCUT2D eigenvalue weighted by atomic mass is 9.91. The van der Waals surface area contributed by atoms with Gasteiger partial charge < -0.3 is 9.64 Å². The van der Waals surface area contributed by atoms with Crippen LogP contribution in [-0.2, 0) is 26.0 Å². The van der Waals surface area contributed by atoms with Crippen LogP contribution in [0.25, 0.3) is 11.1 Å². The molecule has 0 bridgehead atoms. The highest BCUT2D eigenvalue weighted by atomic mass is 32.2. The first-order valence-corrected chi connectivity index (χ1v) is 13.1. The molecule has 34 heavy (non-hydrogen) atoms. The van der Waals surface area contributed by atoms with Crippen LogP contribution in [0, 0.1) is 11.2 Å². The largest absolute Gasteiger partial charge is 0.368 e. The smallest absolute Gasteiger partial charge is 0.255 e. The number of benzene rings is 2. The number of nitrogens with zero attached hydrogens (tertiary/aromatic N) is 1. The van der Waals surface area contributed by atoms with Gasteiger partial charge in [-0.2, -0.15) is 0 Å². The fraction of sp³-hybridized carbons (Fsp3) is 0.480. The maximum absolute atomic E-state index is 15.7. The SMILES string of the molecule is COC1(C(=O)N2CC3(CC3)[C@H](NS(=O)(=O)CF)[C@@H]2Cc2cccc(-c3ccccc3)c2F)CC1. The van der Waals surface area contributed by atoms with Crippen LogP contribution in [0.5, 0.6) is 0 Å². The molecular weight excluding hydrogens is 462 g/mol. The molecule has 3 fully saturated rings. The monoisotopic (exact) mass is 490 g/mol. The van der Waals surface area contributed by atoms with E-state index in [4.69, 9.17) is 4.74 Å².